The molecule has 1 aromatic heterocycles. The molecule has 1 aliphatic rings. The average Bonchev–Trinajstić information content (AvgIpc) is 2.39. The van der Waals surface area contributed by atoms with E-state index in [1.807, 2.05) is 6.92 Å². The van der Waals surface area contributed by atoms with Crippen LogP contribution in [-0.4, -0.2) is 52.6 Å². The maximum atomic E-state index is 4.42. The van der Waals surface area contributed by atoms with E-state index in [9.17, 15) is 0 Å². The van der Waals surface area contributed by atoms with Crippen LogP contribution < -0.4 is 5.32 Å². The first-order valence-corrected chi connectivity index (χ1v) is 7.82. The van der Waals surface area contributed by atoms with E-state index >= 15 is 0 Å². The van der Waals surface area contributed by atoms with Crippen molar-refractivity contribution in [3.63, 3.8) is 0 Å². The number of hydrogen-bond acceptors (Lipinski definition) is 5. The van der Waals surface area contributed by atoms with Gasteiger partial charge in [-0.1, -0.05) is 6.92 Å². The lowest BCUT2D eigenvalue weighted by Gasteiger charge is -2.26. The maximum Gasteiger partial charge on any atom is 0.129 e. The molecule has 18 heavy (non-hydrogen) atoms. The molecule has 0 bridgehead atoms. The van der Waals surface area contributed by atoms with Gasteiger partial charge in [-0.05, 0) is 13.3 Å². The van der Waals surface area contributed by atoms with Gasteiger partial charge in [0.2, 0.25) is 0 Å². The molecule has 1 saturated heterocycles. The van der Waals surface area contributed by atoms with Crippen LogP contribution >= 0.6 is 11.8 Å². The van der Waals surface area contributed by atoms with Gasteiger partial charge in [0.1, 0.15) is 11.6 Å². The Kier molecular flexibility index (Phi) is 5.26. The molecule has 1 aliphatic heterocycles. The largest absolute Gasteiger partial charge is 0.369 e. The highest BCUT2D eigenvalue weighted by Gasteiger charge is 2.09. The second-order valence-corrected chi connectivity index (χ2v) is 5.75. The minimum Gasteiger partial charge on any atom is -0.369 e. The predicted octanol–water partition coefficient (Wildman–Crippen LogP) is 1.81. The molecule has 2 rings (SSSR count). The van der Waals surface area contributed by atoms with Gasteiger partial charge in [-0.15, -0.1) is 0 Å². The minimum atomic E-state index is 0.853. The minimum absolute atomic E-state index is 0.853. The summed E-state index contributed by atoms with van der Waals surface area (Å²) in [7, 11) is 0. The third-order valence-electron chi connectivity index (χ3n) is 3.09. The average molecular weight is 266 g/mol. The molecule has 0 spiro atoms. The van der Waals surface area contributed by atoms with Gasteiger partial charge in [0, 0.05) is 49.4 Å². The zero-order valence-electron chi connectivity index (χ0n) is 11.3. The molecule has 0 aliphatic carbocycles. The van der Waals surface area contributed by atoms with E-state index < -0.39 is 0 Å². The zero-order chi connectivity index (χ0) is 12.8. The van der Waals surface area contributed by atoms with Crippen molar-refractivity contribution >= 4 is 17.6 Å². The fraction of sp³-hybridized carbons (Fsp3) is 0.692. The van der Waals surface area contributed by atoms with Crippen molar-refractivity contribution in [2.45, 2.75) is 20.3 Å². The van der Waals surface area contributed by atoms with E-state index in [4.69, 9.17) is 0 Å². The lowest BCUT2D eigenvalue weighted by Crippen LogP contribution is -2.36. The van der Waals surface area contributed by atoms with Crippen LogP contribution in [0.5, 0.6) is 0 Å². The third kappa shape index (κ3) is 4.14. The van der Waals surface area contributed by atoms with Crippen LogP contribution in [-0.2, 0) is 6.42 Å². The van der Waals surface area contributed by atoms with E-state index in [2.05, 4.69) is 44.9 Å². The molecule has 4 nitrogen and oxygen atoms in total. The van der Waals surface area contributed by atoms with Crippen molar-refractivity contribution < 1.29 is 0 Å². The van der Waals surface area contributed by atoms with E-state index in [0.29, 0.717) is 0 Å². The number of rotatable bonds is 5. The van der Waals surface area contributed by atoms with Gasteiger partial charge in [0.25, 0.3) is 0 Å². The highest BCUT2D eigenvalue weighted by atomic mass is 32.2. The van der Waals surface area contributed by atoms with Crippen molar-refractivity contribution in [3.8, 4) is 0 Å². The van der Waals surface area contributed by atoms with E-state index in [0.717, 1.165) is 36.8 Å². The van der Waals surface area contributed by atoms with Crippen LogP contribution in [0.15, 0.2) is 6.07 Å². The van der Waals surface area contributed by atoms with Crippen LogP contribution in [0.1, 0.15) is 18.4 Å². The van der Waals surface area contributed by atoms with Gasteiger partial charge in [-0.25, -0.2) is 9.97 Å². The van der Waals surface area contributed by atoms with Gasteiger partial charge in [-0.3, -0.25) is 4.90 Å². The Morgan fingerprint density at radius 3 is 2.83 bits per heavy atom. The first kappa shape index (κ1) is 13.6. The zero-order valence-corrected chi connectivity index (χ0v) is 12.1. The summed E-state index contributed by atoms with van der Waals surface area (Å²) < 4.78 is 0. The summed E-state index contributed by atoms with van der Waals surface area (Å²) in [4.78, 5) is 11.3. The molecule has 0 aromatic carbocycles. The summed E-state index contributed by atoms with van der Waals surface area (Å²) in [5.41, 5.74) is 1.11. The molecule has 0 amide bonds. The summed E-state index contributed by atoms with van der Waals surface area (Å²) in [6, 6.07) is 2.05. The molecule has 0 saturated carbocycles. The smallest absolute Gasteiger partial charge is 0.129 e. The van der Waals surface area contributed by atoms with Crippen LogP contribution in [0.4, 0.5) is 5.82 Å². The number of thioether (sulfide) groups is 1. The molecule has 5 heteroatoms. The molecule has 1 aromatic rings. The normalized spacial score (nSPS) is 16.8. The Bertz CT molecular complexity index is 377. The van der Waals surface area contributed by atoms with Crippen molar-refractivity contribution in [2.24, 2.45) is 0 Å². The predicted molar refractivity (Wildman–Crippen MR) is 78.4 cm³/mol. The summed E-state index contributed by atoms with van der Waals surface area (Å²) in [5.74, 6) is 4.36. The van der Waals surface area contributed by atoms with Crippen LogP contribution in [0.2, 0.25) is 0 Å². The monoisotopic (exact) mass is 266 g/mol. The Balaban J connectivity index is 1.80. The number of nitrogens with one attached hydrogen (secondary N) is 1. The number of hydrogen-bond donors (Lipinski definition) is 1. The quantitative estimate of drug-likeness (QED) is 0.880. The molecular formula is C13H22N4S. The van der Waals surface area contributed by atoms with Gasteiger partial charge in [0.15, 0.2) is 0 Å². The lowest BCUT2D eigenvalue weighted by atomic mass is 10.3. The lowest BCUT2D eigenvalue weighted by molar-refractivity contribution is 0.314. The van der Waals surface area contributed by atoms with Crippen molar-refractivity contribution in [1.82, 2.24) is 14.9 Å². The van der Waals surface area contributed by atoms with Crippen molar-refractivity contribution in [3.05, 3.63) is 17.6 Å². The Hall–Kier alpha value is -0.810. The SMILES string of the molecule is CCc1cc(NCCN2CCSCC2)nc(C)n1. The fourth-order valence-electron chi connectivity index (χ4n) is 2.07. The molecule has 100 valence electrons. The van der Waals surface area contributed by atoms with Crippen LogP contribution in [0.25, 0.3) is 0 Å². The van der Waals surface area contributed by atoms with Crippen molar-refractivity contribution in [2.75, 3.05) is 43.0 Å². The maximum absolute atomic E-state index is 4.42. The summed E-state index contributed by atoms with van der Waals surface area (Å²) in [5, 5.41) is 3.41. The summed E-state index contributed by atoms with van der Waals surface area (Å²) >= 11 is 2.05. The number of aromatic nitrogens is 2. The second kappa shape index (κ2) is 6.95. The fourth-order valence-corrected chi connectivity index (χ4v) is 3.05. The number of nitrogens with zero attached hydrogens (tertiary/aromatic N) is 3. The number of aryl methyl sites for hydroxylation is 2. The van der Waals surface area contributed by atoms with Crippen molar-refractivity contribution in [1.29, 1.82) is 0 Å². The van der Waals surface area contributed by atoms with Gasteiger partial charge in [0.05, 0.1) is 0 Å². The standard InChI is InChI=1S/C13H22N4S/c1-3-12-10-13(16-11(2)15-12)14-4-5-17-6-8-18-9-7-17/h10H,3-9H2,1-2H3,(H,14,15,16). The number of anilines is 1. The Morgan fingerprint density at radius 2 is 2.11 bits per heavy atom. The van der Waals surface area contributed by atoms with E-state index in [-0.39, 0.29) is 0 Å². The summed E-state index contributed by atoms with van der Waals surface area (Å²) in [6.07, 6.45) is 0.960. The summed E-state index contributed by atoms with van der Waals surface area (Å²) in [6.45, 7) is 8.57. The molecule has 1 N–H and O–H groups in total. The third-order valence-corrected chi connectivity index (χ3v) is 4.03. The molecule has 0 unspecified atom stereocenters. The molecule has 0 radical (unpaired) electrons. The second-order valence-electron chi connectivity index (χ2n) is 4.53. The van der Waals surface area contributed by atoms with Gasteiger partial charge < -0.3 is 5.32 Å². The first-order chi connectivity index (χ1) is 8.78. The topological polar surface area (TPSA) is 41.0 Å². The first-order valence-electron chi connectivity index (χ1n) is 6.66. The Labute approximate surface area is 114 Å². The highest BCUT2D eigenvalue weighted by molar-refractivity contribution is 7.99. The molecular weight excluding hydrogens is 244 g/mol. The highest BCUT2D eigenvalue weighted by Crippen LogP contribution is 2.09. The molecule has 2 heterocycles. The molecule has 1 fully saturated rings. The Morgan fingerprint density at radius 1 is 1.33 bits per heavy atom. The van der Waals surface area contributed by atoms with Crippen LogP contribution in [0.3, 0.4) is 0 Å². The van der Waals surface area contributed by atoms with Gasteiger partial charge in [-0.2, -0.15) is 11.8 Å². The van der Waals surface area contributed by atoms with E-state index in [1.165, 1.54) is 24.6 Å². The molecule has 0 atom stereocenters. The van der Waals surface area contributed by atoms with Gasteiger partial charge >= 0.3 is 0 Å². The van der Waals surface area contributed by atoms with E-state index in [1.54, 1.807) is 0 Å². The van der Waals surface area contributed by atoms with Crippen LogP contribution in [0, 0.1) is 6.92 Å².